The number of aliphatic hydroxyl groups excluding tert-OH is 1. The van der Waals surface area contributed by atoms with E-state index >= 15 is 0 Å². The molecule has 0 aromatic carbocycles. The number of amides is 1. The zero-order valence-corrected chi connectivity index (χ0v) is 21.8. The highest BCUT2D eigenvalue weighted by Gasteiger charge is 2.63. The molecule has 0 saturated carbocycles. The third-order valence-electron chi connectivity index (χ3n) is 6.63. The molecule has 0 aliphatic carbocycles. The van der Waals surface area contributed by atoms with E-state index in [1.807, 2.05) is 0 Å². The lowest BCUT2D eigenvalue weighted by atomic mass is 9.92. The monoisotopic (exact) mass is 507 g/mol. The first-order valence-corrected chi connectivity index (χ1v) is 12.5. The third-order valence-corrected chi connectivity index (χ3v) is 8.37. The number of nitrogens with one attached hydrogen (secondary N) is 2. The van der Waals surface area contributed by atoms with E-state index in [0.717, 1.165) is 5.57 Å². The van der Waals surface area contributed by atoms with E-state index in [1.165, 1.54) is 18.3 Å². The molecular formula is C23H33N5O6S. The van der Waals surface area contributed by atoms with Crippen molar-refractivity contribution in [2.75, 3.05) is 21.1 Å². The average molecular weight is 508 g/mol. The van der Waals surface area contributed by atoms with Crippen molar-refractivity contribution in [1.29, 1.82) is 0 Å². The number of carboxylic acids is 1. The maximum atomic E-state index is 13.5. The van der Waals surface area contributed by atoms with E-state index in [0.29, 0.717) is 5.69 Å². The maximum absolute atomic E-state index is 13.5. The van der Waals surface area contributed by atoms with Crippen LogP contribution in [0.4, 0.5) is 0 Å². The number of aliphatic hydroxyl groups is 1. The molecule has 35 heavy (non-hydrogen) atoms. The van der Waals surface area contributed by atoms with Gasteiger partial charge in [0.2, 0.25) is 5.91 Å². The maximum Gasteiger partial charge on any atom is 0.249 e. The van der Waals surface area contributed by atoms with Gasteiger partial charge in [0.15, 0.2) is 10.9 Å². The van der Waals surface area contributed by atoms with Crippen LogP contribution >= 0.6 is 0 Å². The lowest BCUT2D eigenvalue weighted by molar-refractivity contribution is -0.889. The minimum atomic E-state index is -1.86. The predicted octanol–water partition coefficient (Wildman–Crippen LogP) is -1.42. The summed E-state index contributed by atoms with van der Waals surface area (Å²) < 4.78 is 13.6. The summed E-state index contributed by atoms with van der Waals surface area (Å²) in [5.74, 6) is -1.78. The van der Waals surface area contributed by atoms with Crippen molar-refractivity contribution in [2.45, 2.75) is 68.2 Å². The molecule has 3 heterocycles. The Morgan fingerprint density at radius 1 is 1.40 bits per heavy atom. The molecule has 1 aromatic heterocycles. The molecule has 12 heteroatoms. The Balaban J connectivity index is 1.86. The molecule has 0 spiro atoms. The van der Waals surface area contributed by atoms with Crippen molar-refractivity contribution in [3.05, 3.63) is 35.4 Å². The highest BCUT2D eigenvalue weighted by molar-refractivity contribution is 7.85. The van der Waals surface area contributed by atoms with Gasteiger partial charge in [-0.15, -0.1) is 0 Å². The Labute approximate surface area is 206 Å². The summed E-state index contributed by atoms with van der Waals surface area (Å²) in [4.78, 5) is 45.5. The van der Waals surface area contributed by atoms with Crippen molar-refractivity contribution < 1.29 is 33.3 Å². The van der Waals surface area contributed by atoms with E-state index in [9.17, 15) is 28.8 Å². The van der Waals surface area contributed by atoms with Crippen LogP contribution in [0, 0.1) is 0 Å². The van der Waals surface area contributed by atoms with Crippen LogP contribution in [0.25, 0.3) is 0 Å². The molecule has 6 atom stereocenters. The normalized spacial score (nSPS) is 27.8. The highest BCUT2D eigenvalue weighted by atomic mass is 32.2. The van der Waals surface area contributed by atoms with Gasteiger partial charge < -0.3 is 34.7 Å². The minimum Gasteiger partial charge on any atom is -0.544 e. The molecule has 1 unspecified atom stereocenters. The number of aromatic nitrogens is 2. The smallest absolute Gasteiger partial charge is 0.249 e. The number of carbonyl (C=O) groups excluding carboxylic acids is 3. The van der Waals surface area contributed by atoms with E-state index < -0.39 is 57.4 Å². The zero-order valence-electron chi connectivity index (χ0n) is 21.0. The first-order chi connectivity index (χ1) is 16.1. The van der Waals surface area contributed by atoms with Crippen molar-refractivity contribution in [3.8, 4) is 0 Å². The Hall–Kier alpha value is -2.83. The van der Waals surface area contributed by atoms with Gasteiger partial charge in [-0.1, -0.05) is 5.57 Å². The Morgan fingerprint density at radius 3 is 2.57 bits per heavy atom. The number of hydrogen-bond donors (Lipinski definition) is 3. The fourth-order valence-electron chi connectivity index (χ4n) is 4.74. The van der Waals surface area contributed by atoms with Crippen LogP contribution in [-0.2, 0) is 31.6 Å². The van der Waals surface area contributed by atoms with Gasteiger partial charge in [0, 0.05) is 36.5 Å². The molecule has 3 rings (SSSR count). The van der Waals surface area contributed by atoms with Gasteiger partial charge in [-0.25, -0.2) is 4.98 Å². The van der Waals surface area contributed by atoms with Crippen molar-refractivity contribution in [3.63, 3.8) is 0 Å². The fraction of sp³-hybridized carbons (Fsp3) is 0.565. The molecule has 2 aliphatic heterocycles. The number of carbonyl (C=O) groups is 3. The van der Waals surface area contributed by atoms with Gasteiger partial charge in [-0.2, -0.15) is 0 Å². The number of ketones is 1. The summed E-state index contributed by atoms with van der Waals surface area (Å²) in [5.41, 5.74) is -0.149. The zero-order chi connectivity index (χ0) is 26.5. The Morgan fingerprint density at radius 2 is 2.03 bits per heavy atom. The molecular weight excluding hydrogens is 474 g/mol. The molecule has 1 amide bonds. The van der Waals surface area contributed by atoms with Crippen LogP contribution in [0.1, 0.15) is 33.4 Å². The topological polar surface area (TPSA) is 156 Å². The number of rotatable bonds is 8. The summed E-state index contributed by atoms with van der Waals surface area (Å²) in [6, 6.07) is -1.44. The first kappa shape index (κ1) is 26.8. The number of aliphatic carboxylic acids is 1. The largest absolute Gasteiger partial charge is 0.544 e. The van der Waals surface area contributed by atoms with Gasteiger partial charge in [-0.05, 0) is 27.7 Å². The summed E-state index contributed by atoms with van der Waals surface area (Å²) in [6.07, 6.45) is 2.88. The van der Waals surface area contributed by atoms with Crippen molar-refractivity contribution in [1.82, 2.24) is 20.2 Å². The number of H-pyrrole nitrogens is 1. The van der Waals surface area contributed by atoms with Crippen LogP contribution in [0.3, 0.4) is 0 Å². The molecule has 1 saturated heterocycles. The molecule has 1 fully saturated rings. The van der Waals surface area contributed by atoms with Gasteiger partial charge in [0.25, 0.3) is 0 Å². The van der Waals surface area contributed by atoms with E-state index in [1.54, 1.807) is 53.7 Å². The summed E-state index contributed by atoms with van der Waals surface area (Å²) in [5, 5.41) is 24.6. The SMILES string of the molecule is CC(C)=CC(=O)NC1=CC(=O)[C@]2(C)[C@H](O)[C@@H](S(=O)c3ncc(C[C@@H](C(=O)[O-])[N+](C)(C)C)[nH]3)[C@H](C)N12. The Bertz CT molecular complexity index is 1130. The van der Waals surface area contributed by atoms with Crippen LogP contribution in [0.15, 0.2) is 34.9 Å². The van der Waals surface area contributed by atoms with Gasteiger partial charge in [0.1, 0.15) is 23.5 Å². The van der Waals surface area contributed by atoms with Gasteiger partial charge in [-0.3, -0.25) is 13.8 Å². The predicted molar refractivity (Wildman–Crippen MR) is 126 cm³/mol. The van der Waals surface area contributed by atoms with E-state index in [4.69, 9.17) is 0 Å². The van der Waals surface area contributed by atoms with Crippen molar-refractivity contribution >= 4 is 28.5 Å². The number of likely N-dealkylation sites (N-methyl/N-ethyl adjacent to an activating group) is 1. The minimum absolute atomic E-state index is 0.0748. The van der Waals surface area contributed by atoms with Crippen LogP contribution in [0.2, 0.25) is 0 Å². The number of imidazole rings is 1. The second-order valence-corrected chi connectivity index (χ2v) is 12.0. The molecule has 2 aliphatic rings. The van der Waals surface area contributed by atoms with Gasteiger partial charge >= 0.3 is 0 Å². The molecule has 0 radical (unpaired) electrons. The summed E-state index contributed by atoms with van der Waals surface area (Å²) in [7, 11) is 3.34. The standard InChI is InChI=1S/C23H33N5O6S/c1-12(2)8-18(30)26-17-10-16(29)23(4)20(31)19(13(3)27(17)23)35(34)22-24-11-14(25-22)9-15(21(32)33)28(5,6)7/h8,10-11,13,15,19-20,31H,9H2,1-7H3,(H2-,24,25,26,29,30,32,33)/t13-,15-,19-,20+,23+,35?/m0/s1. The number of fused-ring (bicyclic) bond motifs is 1. The number of quaternary nitrogens is 1. The number of allylic oxidation sites excluding steroid dienone is 1. The quantitative estimate of drug-likeness (QED) is 0.286. The second kappa shape index (κ2) is 9.32. The van der Waals surface area contributed by atoms with Crippen molar-refractivity contribution in [2.24, 2.45) is 0 Å². The van der Waals surface area contributed by atoms with E-state index in [2.05, 4.69) is 15.3 Å². The van der Waals surface area contributed by atoms with Crippen LogP contribution in [-0.4, -0.2) is 96.4 Å². The molecule has 11 nitrogen and oxygen atoms in total. The van der Waals surface area contributed by atoms with Crippen LogP contribution < -0.4 is 10.4 Å². The van der Waals surface area contributed by atoms with Crippen LogP contribution in [0.5, 0.6) is 0 Å². The molecule has 0 bridgehead atoms. The lowest BCUT2D eigenvalue weighted by Crippen LogP contribution is -2.55. The number of aromatic amines is 1. The molecule has 192 valence electrons. The summed E-state index contributed by atoms with van der Waals surface area (Å²) >= 11 is 0. The number of nitrogens with zero attached hydrogens (tertiary/aromatic N) is 3. The molecule has 3 N–H and O–H groups in total. The average Bonchev–Trinajstić information content (AvgIpc) is 3.33. The first-order valence-electron chi connectivity index (χ1n) is 11.2. The van der Waals surface area contributed by atoms with E-state index in [-0.39, 0.29) is 21.9 Å². The third kappa shape index (κ3) is 4.82. The number of hydrogen-bond acceptors (Lipinski definition) is 8. The lowest BCUT2D eigenvalue weighted by Gasteiger charge is -2.34. The van der Waals surface area contributed by atoms with Gasteiger partial charge in [0.05, 0.1) is 43.2 Å². The second-order valence-electron chi connectivity index (χ2n) is 10.4. The highest BCUT2D eigenvalue weighted by Crippen LogP contribution is 2.44. The summed E-state index contributed by atoms with van der Waals surface area (Å²) in [6.45, 7) is 6.83. The number of carboxylic acid groups (broad SMARTS) is 1. The fourth-order valence-corrected chi connectivity index (χ4v) is 6.37. The molecule has 1 aromatic rings. The Kier molecular flexibility index (Phi) is 7.13.